The third-order valence-corrected chi connectivity index (χ3v) is 7.23. The summed E-state index contributed by atoms with van der Waals surface area (Å²) in [5.74, 6) is 0.533. The van der Waals surface area contributed by atoms with Crippen LogP contribution in [-0.2, 0) is 12.6 Å². The highest BCUT2D eigenvalue weighted by molar-refractivity contribution is 5.97. The van der Waals surface area contributed by atoms with E-state index in [0.717, 1.165) is 42.8 Å². The number of hydrogen-bond donors (Lipinski definition) is 0. The first kappa shape index (κ1) is 25.8. The number of aryl methyl sites for hydroxylation is 2. The van der Waals surface area contributed by atoms with Crippen LogP contribution >= 0.6 is 0 Å². The summed E-state index contributed by atoms with van der Waals surface area (Å²) in [6.07, 6.45) is -1.94. The molecule has 3 heterocycles. The molecule has 3 aromatic rings. The molecule has 9 heteroatoms. The zero-order valence-corrected chi connectivity index (χ0v) is 21.2. The van der Waals surface area contributed by atoms with Crippen LogP contribution in [0, 0.1) is 6.92 Å². The number of halogens is 3. The standard InChI is InChI=1S/C29H28F3N3O3/c1-3-23-16-21(15-19(2)33-23)26(36)34-17-28(18-34)13-4-14-35(28)27(37)20-5-9-24(10-6-20)38-25-11-7-22(8-12-25)29(30,31)32/h5-12,15-16H,3-4,13-14,17-18H2,1-2H3. The van der Waals surface area contributed by atoms with E-state index in [-0.39, 0.29) is 23.1 Å². The fourth-order valence-electron chi connectivity index (χ4n) is 5.29. The third kappa shape index (κ3) is 4.97. The molecule has 38 heavy (non-hydrogen) atoms. The molecule has 2 fully saturated rings. The van der Waals surface area contributed by atoms with Crippen LogP contribution in [0.5, 0.6) is 11.5 Å². The van der Waals surface area contributed by atoms with Gasteiger partial charge in [0.1, 0.15) is 11.5 Å². The van der Waals surface area contributed by atoms with Crippen LogP contribution in [0.2, 0.25) is 0 Å². The molecule has 0 N–H and O–H groups in total. The Hall–Kier alpha value is -3.88. The highest BCUT2D eigenvalue weighted by atomic mass is 19.4. The zero-order valence-electron chi connectivity index (χ0n) is 21.2. The predicted octanol–water partition coefficient (Wildman–Crippen LogP) is 5.89. The molecule has 0 saturated carbocycles. The van der Waals surface area contributed by atoms with Gasteiger partial charge in [-0.1, -0.05) is 6.92 Å². The van der Waals surface area contributed by atoms with Gasteiger partial charge in [0.05, 0.1) is 11.1 Å². The van der Waals surface area contributed by atoms with E-state index >= 15 is 0 Å². The summed E-state index contributed by atoms with van der Waals surface area (Å²) in [4.78, 5) is 34.6. The number of nitrogens with zero attached hydrogens (tertiary/aromatic N) is 3. The first-order valence-electron chi connectivity index (χ1n) is 12.6. The lowest BCUT2D eigenvalue weighted by Crippen LogP contribution is -2.69. The van der Waals surface area contributed by atoms with E-state index in [4.69, 9.17) is 4.74 Å². The largest absolute Gasteiger partial charge is 0.457 e. The van der Waals surface area contributed by atoms with Gasteiger partial charge in [0.15, 0.2) is 0 Å². The fraction of sp³-hybridized carbons (Fsp3) is 0.345. The van der Waals surface area contributed by atoms with Gasteiger partial charge < -0.3 is 14.5 Å². The van der Waals surface area contributed by atoms with Crippen molar-refractivity contribution < 1.29 is 27.5 Å². The van der Waals surface area contributed by atoms with Crippen molar-refractivity contribution in [3.05, 3.63) is 88.7 Å². The van der Waals surface area contributed by atoms with Crippen molar-refractivity contribution in [3.63, 3.8) is 0 Å². The van der Waals surface area contributed by atoms with Gasteiger partial charge in [0, 0.05) is 42.1 Å². The van der Waals surface area contributed by atoms with Gasteiger partial charge in [0.2, 0.25) is 0 Å². The van der Waals surface area contributed by atoms with Gasteiger partial charge in [-0.25, -0.2) is 0 Å². The number of carbonyl (C=O) groups excluding carboxylic acids is 2. The molecular formula is C29H28F3N3O3. The molecule has 2 amide bonds. The molecule has 2 aliphatic heterocycles. The van der Waals surface area contributed by atoms with Crippen LogP contribution < -0.4 is 4.74 Å². The minimum Gasteiger partial charge on any atom is -0.457 e. The molecule has 0 radical (unpaired) electrons. The van der Waals surface area contributed by atoms with E-state index in [2.05, 4.69) is 4.98 Å². The number of rotatable bonds is 5. The summed E-state index contributed by atoms with van der Waals surface area (Å²) in [5.41, 5.74) is 1.70. The van der Waals surface area contributed by atoms with Crippen LogP contribution in [0.25, 0.3) is 0 Å². The van der Waals surface area contributed by atoms with Crippen molar-refractivity contribution in [2.24, 2.45) is 0 Å². The second-order valence-electron chi connectivity index (χ2n) is 9.94. The van der Waals surface area contributed by atoms with Crippen LogP contribution in [0.4, 0.5) is 13.2 Å². The predicted molar refractivity (Wildman–Crippen MR) is 135 cm³/mol. The molecule has 198 valence electrons. The smallest absolute Gasteiger partial charge is 0.416 e. The molecule has 5 rings (SSSR count). The number of hydrogen-bond acceptors (Lipinski definition) is 4. The van der Waals surface area contributed by atoms with Crippen molar-refractivity contribution in [1.29, 1.82) is 0 Å². The highest BCUT2D eigenvalue weighted by Crippen LogP contribution is 2.39. The maximum atomic E-state index is 13.4. The Kier molecular flexibility index (Phi) is 6.63. The van der Waals surface area contributed by atoms with Gasteiger partial charge in [-0.2, -0.15) is 13.2 Å². The number of ether oxygens (including phenoxy) is 1. The number of pyridine rings is 1. The maximum Gasteiger partial charge on any atom is 0.416 e. The van der Waals surface area contributed by atoms with E-state index < -0.39 is 11.7 Å². The average Bonchev–Trinajstić information content (AvgIpc) is 3.32. The zero-order chi connectivity index (χ0) is 27.1. The van der Waals surface area contributed by atoms with E-state index in [1.165, 1.54) is 12.1 Å². The lowest BCUT2D eigenvalue weighted by molar-refractivity contribution is -0.137. The number of carbonyl (C=O) groups is 2. The number of benzene rings is 2. The Morgan fingerprint density at radius 2 is 1.58 bits per heavy atom. The van der Waals surface area contributed by atoms with Crippen LogP contribution in [0.15, 0.2) is 60.7 Å². The van der Waals surface area contributed by atoms with E-state index in [1.807, 2.05) is 24.8 Å². The lowest BCUT2D eigenvalue weighted by atomic mass is 9.85. The van der Waals surface area contributed by atoms with Crippen molar-refractivity contribution in [2.75, 3.05) is 19.6 Å². The SMILES string of the molecule is CCc1cc(C(=O)N2CC3(CCCN3C(=O)c3ccc(Oc4ccc(C(F)(F)F)cc4)cc3)C2)cc(C)n1. The lowest BCUT2D eigenvalue weighted by Gasteiger charge is -2.52. The molecule has 0 unspecified atom stereocenters. The topological polar surface area (TPSA) is 62.7 Å². The summed E-state index contributed by atoms with van der Waals surface area (Å²) in [7, 11) is 0. The van der Waals surface area contributed by atoms with Gasteiger partial charge in [-0.15, -0.1) is 0 Å². The van der Waals surface area contributed by atoms with Crippen LogP contribution in [0.3, 0.4) is 0 Å². The molecule has 2 aromatic carbocycles. The molecule has 1 spiro atoms. The Morgan fingerprint density at radius 1 is 0.947 bits per heavy atom. The summed E-state index contributed by atoms with van der Waals surface area (Å²) in [6.45, 7) is 5.50. The number of aromatic nitrogens is 1. The number of likely N-dealkylation sites (tertiary alicyclic amines) is 2. The average molecular weight is 524 g/mol. The molecule has 2 aliphatic rings. The van der Waals surface area contributed by atoms with Gasteiger partial charge in [-0.3, -0.25) is 14.6 Å². The Labute approximate surface area is 219 Å². The van der Waals surface area contributed by atoms with Crippen LogP contribution in [-0.4, -0.2) is 51.8 Å². The second-order valence-corrected chi connectivity index (χ2v) is 9.94. The summed E-state index contributed by atoms with van der Waals surface area (Å²) >= 11 is 0. The molecule has 2 saturated heterocycles. The van der Waals surface area contributed by atoms with Gasteiger partial charge in [-0.05, 0) is 86.8 Å². The maximum absolute atomic E-state index is 13.4. The van der Waals surface area contributed by atoms with Crippen molar-refractivity contribution >= 4 is 11.8 Å². The minimum absolute atomic E-state index is 0.0418. The summed E-state index contributed by atoms with van der Waals surface area (Å²) < 4.78 is 43.9. The molecular weight excluding hydrogens is 495 g/mol. The highest BCUT2D eigenvalue weighted by Gasteiger charge is 2.53. The first-order valence-corrected chi connectivity index (χ1v) is 12.6. The van der Waals surface area contributed by atoms with Crippen LogP contribution in [0.1, 0.15) is 57.4 Å². The first-order chi connectivity index (χ1) is 18.1. The second kappa shape index (κ2) is 9.78. The monoisotopic (exact) mass is 523 g/mol. The minimum atomic E-state index is -4.41. The molecule has 0 aliphatic carbocycles. The Balaban J connectivity index is 1.23. The number of alkyl halides is 3. The van der Waals surface area contributed by atoms with E-state index in [0.29, 0.717) is 36.5 Å². The Morgan fingerprint density at radius 3 is 2.18 bits per heavy atom. The van der Waals surface area contributed by atoms with Crippen molar-refractivity contribution in [2.45, 2.75) is 44.8 Å². The summed E-state index contributed by atoms with van der Waals surface area (Å²) in [5, 5.41) is 0. The fourth-order valence-corrected chi connectivity index (χ4v) is 5.29. The summed E-state index contributed by atoms with van der Waals surface area (Å²) in [6, 6.07) is 14.7. The molecule has 1 aromatic heterocycles. The van der Waals surface area contributed by atoms with Crippen molar-refractivity contribution in [3.8, 4) is 11.5 Å². The Bertz CT molecular complexity index is 1350. The van der Waals surface area contributed by atoms with Gasteiger partial charge >= 0.3 is 6.18 Å². The van der Waals surface area contributed by atoms with Crippen molar-refractivity contribution in [1.82, 2.24) is 14.8 Å². The molecule has 0 atom stereocenters. The quantitative estimate of drug-likeness (QED) is 0.418. The van der Waals surface area contributed by atoms with Gasteiger partial charge in [0.25, 0.3) is 11.8 Å². The number of amides is 2. The molecule has 0 bridgehead atoms. The molecule has 6 nitrogen and oxygen atoms in total. The normalized spacial score (nSPS) is 16.4. The third-order valence-electron chi connectivity index (χ3n) is 7.23. The van der Waals surface area contributed by atoms with E-state index in [9.17, 15) is 22.8 Å². The van der Waals surface area contributed by atoms with E-state index in [1.54, 1.807) is 35.2 Å².